The molecule has 0 fully saturated rings. The van der Waals surface area contributed by atoms with E-state index >= 15 is 0 Å². The zero-order chi connectivity index (χ0) is 15.1. The number of nitrogens with one attached hydrogen (secondary N) is 1. The summed E-state index contributed by atoms with van der Waals surface area (Å²) in [5.41, 5.74) is 0. The van der Waals surface area contributed by atoms with Gasteiger partial charge in [0.25, 0.3) is 0 Å². The van der Waals surface area contributed by atoms with Crippen molar-refractivity contribution in [2.75, 3.05) is 29.9 Å². The van der Waals surface area contributed by atoms with Crippen LogP contribution in [0.4, 0.5) is 20.4 Å². The number of aromatic nitrogens is 1. The van der Waals surface area contributed by atoms with Crippen LogP contribution in [0.3, 0.4) is 0 Å². The summed E-state index contributed by atoms with van der Waals surface area (Å²) in [6.07, 6.45) is 1.87. The molecule has 0 bridgehead atoms. The Morgan fingerprint density at radius 2 is 1.95 bits per heavy atom. The summed E-state index contributed by atoms with van der Waals surface area (Å²) in [6, 6.07) is 0.916. The molecule has 0 aliphatic rings. The number of hydrogen-bond donors (Lipinski definition) is 1. The fraction of sp³-hybridized carbons (Fsp3) is 0.667. The van der Waals surface area contributed by atoms with Crippen LogP contribution in [0.2, 0.25) is 0 Å². The molecule has 1 atom stereocenters. The lowest BCUT2D eigenvalue weighted by molar-refractivity contribution is 0.527. The fourth-order valence-electron chi connectivity index (χ4n) is 1.92. The van der Waals surface area contributed by atoms with E-state index in [1.807, 2.05) is 18.7 Å². The molecule has 0 aliphatic carbocycles. The SMILES string of the molecule is CCCNc1nc(N(CC)CC(C)CC)c(F)cc1F. The van der Waals surface area contributed by atoms with Gasteiger partial charge in [0, 0.05) is 25.7 Å². The molecule has 0 aromatic carbocycles. The monoisotopic (exact) mass is 285 g/mol. The highest BCUT2D eigenvalue weighted by Gasteiger charge is 2.17. The quantitative estimate of drug-likeness (QED) is 0.781. The van der Waals surface area contributed by atoms with E-state index in [-0.39, 0.29) is 11.6 Å². The molecule has 3 nitrogen and oxygen atoms in total. The summed E-state index contributed by atoms with van der Waals surface area (Å²) in [5, 5.41) is 2.90. The summed E-state index contributed by atoms with van der Waals surface area (Å²) in [7, 11) is 0. The standard InChI is InChI=1S/C15H25F2N3/c1-5-8-18-14-12(16)9-13(17)15(19-14)20(7-3)10-11(4)6-2/h9,11H,5-8,10H2,1-4H3,(H,18,19). The minimum absolute atomic E-state index is 0.130. The first-order valence-corrected chi connectivity index (χ1v) is 7.38. The van der Waals surface area contributed by atoms with Gasteiger partial charge in [-0.1, -0.05) is 27.2 Å². The zero-order valence-corrected chi connectivity index (χ0v) is 12.8. The van der Waals surface area contributed by atoms with Gasteiger partial charge in [0.15, 0.2) is 23.3 Å². The third-order valence-corrected chi connectivity index (χ3v) is 3.36. The molecular weight excluding hydrogens is 260 g/mol. The van der Waals surface area contributed by atoms with Crippen molar-refractivity contribution in [3.8, 4) is 0 Å². The van der Waals surface area contributed by atoms with Crippen LogP contribution in [-0.2, 0) is 0 Å². The Labute approximate surface area is 120 Å². The molecule has 1 aromatic heterocycles. The third kappa shape index (κ3) is 4.32. The van der Waals surface area contributed by atoms with Gasteiger partial charge in [0.05, 0.1) is 0 Å². The number of nitrogens with zero attached hydrogens (tertiary/aromatic N) is 2. The predicted molar refractivity (Wildman–Crippen MR) is 80.3 cm³/mol. The second-order valence-corrected chi connectivity index (χ2v) is 5.10. The largest absolute Gasteiger partial charge is 0.368 e. The Balaban J connectivity index is 3.01. The lowest BCUT2D eigenvalue weighted by Gasteiger charge is -2.26. The van der Waals surface area contributed by atoms with Gasteiger partial charge in [0.2, 0.25) is 0 Å². The average molecular weight is 285 g/mol. The van der Waals surface area contributed by atoms with E-state index in [2.05, 4.69) is 24.1 Å². The summed E-state index contributed by atoms with van der Waals surface area (Å²) in [5.74, 6) is -0.444. The zero-order valence-electron chi connectivity index (χ0n) is 12.8. The van der Waals surface area contributed by atoms with Gasteiger partial charge in [-0.05, 0) is 19.3 Å². The smallest absolute Gasteiger partial charge is 0.168 e. The lowest BCUT2D eigenvalue weighted by Crippen LogP contribution is -2.30. The molecule has 0 saturated carbocycles. The van der Waals surface area contributed by atoms with Gasteiger partial charge in [-0.25, -0.2) is 13.8 Å². The van der Waals surface area contributed by atoms with Gasteiger partial charge >= 0.3 is 0 Å². The van der Waals surface area contributed by atoms with Crippen LogP contribution in [0.1, 0.15) is 40.5 Å². The molecule has 0 spiro atoms. The minimum Gasteiger partial charge on any atom is -0.368 e. The van der Waals surface area contributed by atoms with E-state index in [1.165, 1.54) is 0 Å². The maximum atomic E-state index is 14.0. The van der Waals surface area contributed by atoms with Crippen molar-refractivity contribution in [2.24, 2.45) is 5.92 Å². The Bertz CT molecular complexity index is 424. The highest BCUT2D eigenvalue weighted by molar-refractivity contribution is 5.49. The van der Waals surface area contributed by atoms with Crippen molar-refractivity contribution in [3.63, 3.8) is 0 Å². The van der Waals surface area contributed by atoms with Crippen molar-refractivity contribution in [1.29, 1.82) is 0 Å². The van der Waals surface area contributed by atoms with Crippen molar-refractivity contribution in [2.45, 2.75) is 40.5 Å². The molecule has 1 N–H and O–H groups in total. The van der Waals surface area contributed by atoms with E-state index in [1.54, 1.807) is 0 Å². The van der Waals surface area contributed by atoms with E-state index in [4.69, 9.17) is 0 Å². The predicted octanol–water partition coefficient (Wildman–Crippen LogP) is 4.05. The first kappa shape index (κ1) is 16.7. The van der Waals surface area contributed by atoms with Gasteiger partial charge in [-0.2, -0.15) is 0 Å². The second kappa shape index (κ2) is 8.02. The molecule has 20 heavy (non-hydrogen) atoms. The van der Waals surface area contributed by atoms with E-state index in [9.17, 15) is 8.78 Å². The van der Waals surface area contributed by atoms with Crippen LogP contribution in [-0.4, -0.2) is 24.6 Å². The molecule has 1 aromatic rings. The first-order chi connectivity index (χ1) is 9.53. The van der Waals surface area contributed by atoms with Crippen molar-refractivity contribution in [1.82, 2.24) is 4.98 Å². The van der Waals surface area contributed by atoms with E-state index in [0.29, 0.717) is 19.0 Å². The molecular formula is C15H25F2N3. The number of anilines is 2. The molecule has 0 saturated heterocycles. The minimum atomic E-state index is -0.640. The molecule has 0 amide bonds. The van der Waals surface area contributed by atoms with Gasteiger partial charge < -0.3 is 10.2 Å². The fourth-order valence-corrected chi connectivity index (χ4v) is 1.92. The summed E-state index contributed by atoms with van der Waals surface area (Å²) < 4.78 is 27.6. The molecule has 1 unspecified atom stereocenters. The molecule has 1 heterocycles. The van der Waals surface area contributed by atoms with Crippen molar-refractivity contribution in [3.05, 3.63) is 17.7 Å². The summed E-state index contributed by atoms with van der Waals surface area (Å²) >= 11 is 0. The maximum absolute atomic E-state index is 14.0. The van der Waals surface area contributed by atoms with Crippen LogP contribution in [0.25, 0.3) is 0 Å². The van der Waals surface area contributed by atoms with Gasteiger partial charge in [0.1, 0.15) is 0 Å². The van der Waals surface area contributed by atoms with E-state index in [0.717, 1.165) is 25.5 Å². The van der Waals surface area contributed by atoms with Crippen LogP contribution in [0.5, 0.6) is 0 Å². The van der Waals surface area contributed by atoms with E-state index < -0.39 is 11.6 Å². The average Bonchev–Trinajstić information content (AvgIpc) is 2.44. The van der Waals surface area contributed by atoms with Crippen molar-refractivity contribution >= 4 is 11.6 Å². The number of halogens is 2. The first-order valence-electron chi connectivity index (χ1n) is 7.38. The molecule has 114 valence electrons. The van der Waals surface area contributed by atoms with Crippen LogP contribution >= 0.6 is 0 Å². The number of rotatable bonds is 8. The Hall–Kier alpha value is -1.39. The Morgan fingerprint density at radius 3 is 2.50 bits per heavy atom. The maximum Gasteiger partial charge on any atom is 0.168 e. The van der Waals surface area contributed by atoms with Crippen LogP contribution in [0.15, 0.2) is 6.07 Å². The highest BCUT2D eigenvalue weighted by Crippen LogP contribution is 2.23. The number of pyridine rings is 1. The lowest BCUT2D eigenvalue weighted by atomic mass is 10.1. The second-order valence-electron chi connectivity index (χ2n) is 5.10. The molecule has 5 heteroatoms. The van der Waals surface area contributed by atoms with Gasteiger partial charge in [-0.15, -0.1) is 0 Å². The van der Waals surface area contributed by atoms with Gasteiger partial charge in [-0.3, -0.25) is 0 Å². The Kier molecular flexibility index (Phi) is 6.68. The Morgan fingerprint density at radius 1 is 1.25 bits per heavy atom. The summed E-state index contributed by atoms with van der Waals surface area (Å²) in [6.45, 7) is 10.1. The number of hydrogen-bond acceptors (Lipinski definition) is 3. The van der Waals surface area contributed by atoms with Crippen molar-refractivity contribution < 1.29 is 8.78 Å². The third-order valence-electron chi connectivity index (χ3n) is 3.36. The topological polar surface area (TPSA) is 28.2 Å². The molecule has 0 radical (unpaired) electrons. The van der Waals surface area contributed by atoms with Crippen LogP contribution < -0.4 is 10.2 Å². The molecule has 1 rings (SSSR count). The normalized spacial score (nSPS) is 12.3. The summed E-state index contributed by atoms with van der Waals surface area (Å²) in [4.78, 5) is 5.99. The molecule has 0 aliphatic heterocycles. The highest BCUT2D eigenvalue weighted by atomic mass is 19.1. The van der Waals surface area contributed by atoms with Crippen LogP contribution in [0, 0.1) is 17.6 Å².